The average molecular weight is 761 g/mol. The van der Waals surface area contributed by atoms with Crippen molar-refractivity contribution in [2.24, 2.45) is 0 Å². The standard InChI is InChI=1S/C56H60N2/c1-53(2,3)41-31-42(54(4,5)6)34-49(33-41)57(45-19-15-13-16-20-45)47-27-37-23-25-39-29-48(30-40-26-24-38(28-47)51(37)52(39)40)58(46-21-17-14-18-22-46)50-35-43(55(7,8)9)32-44(36-50)56(10,11)12/h13-36H,1-12H3. The van der Waals surface area contributed by atoms with Crippen LogP contribution in [-0.2, 0) is 21.7 Å². The largest absolute Gasteiger partial charge is 0.310 e. The van der Waals surface area contributed by atoms with Crippen molar-refractivity contribution in [3.8, 4) is 0 Å². The summed E-state index contributed by atoms with van der Waals surface area (Å²) in [6.07, 6.45) is 0. The normalized spacial score (nSPS) is 12.8. The molecule has 2 heteroatoms. The van der Waals surface area contributed by atoms with Crippen LogP contribution < -0.4 is 9.80 Å². The molecule has 294 valence electrons. The summed E-state index contributed by atoms with van der Waals surface area (Å²) >= 11 is 0. The number of hydrogen-bond acceptors (Lipinski definition) is 2. The molecule has 0 aliphatic heterocycles. The van der Waals surface area contributed by atoms with Gasteiger partial charge in [0.2, 0.25) is 0 Å². The minimum atomic E-state index is 0.00498. The van der Waals surface area contributed by atoms with E-state index in [0.717, 1.165) is 22.7 Å². The van der Waals surface area contributed by atoms with Gasteiger partial charge in [-0.1, -0.05) is 156 Å². The number of benzene rings is 8. The number of nitrogens with zero attached hydrogens (tertiary/aromatic N) is 2. The molecule has 8 aromatic carbocycles. The molecule has 0 atom stereocenters. The number of anilines is 6. The van der Waals surface area contributed by atoms with Crippen molar-refractivity contribution in [3.05, 3.63) is 168 Å². The Morgan fingerprint density at radius 3 is 0.741 bits per heavy atom. The number of rotatable bonds is 6. The summed E-state index contributed by atoms with van der Waals surface area (Å²) in [5.74, 6) is 0. The first-order chi connectivity index (χ1) is 27.3. The average Bonchev–Trinajstić information content (AvgIpc) is 3.16. The van der Waals surface area contributed by atoms with E-state index in [2.05, 4.69) is 238 Å². The van der Waals surface area contributed by atoms with Gasteiger partial charge in [0, 0.05) is 34.1 Å². The Labute approximate surface area is 347 Å². The molecule has 0 fully saturated rings. The van der Waals surface area contributed by atoms with Crippen molar-refractivity contribution >= 4 is 66.4 Å². The lowest BCUT2D eigenvalue weighted by atomic mass is 9.80. The Bertz CT molecular complexity index is 2420. The van der Waals surface area contributed by atoms with E-state index >= 15 is 0 Å². The zero-order valence-corrected chi connectivity index (χ0v) is 36.8. The molecule has 2 nitrogen and oxygen atoms in total. The minimum Gasteiger partial charge on any atom is -0.310 e. The summed E-state index contributed by atoms with van der Waals surface area (Å²) in [5, 5.41) is 7.61. The maximum absolute atomic E-state index is 2.45. The minimum absolute atomic E-state index is 0.00498. The summed E-state index contributed by atoms with van der Waals surface area (Å²) < 4.78 is 0. The monoisotopic (exact) mass is 760 g/mol. The van der Waals surface area contributed by atoms with E-state index in [0.29, 0.717) is 0 Å². The van der Waals surface area contributed by atoms with Crippen molar-refractivity contribution in [2.75, 3.05) is 9.80 Å². The Morgan fingerprint density at radius 2 is 0.500 bits per heavy atom. The van der Waals surface area contributed by atoms with Crippen molar-refractivity contribution < 1.29 is 0 Å². The second-order valence-electron chi connectivity index (χ2n) is 20.5. The fraction of sp³-hybridized carbons (Fsp3) is 0.286. The predicted octanol–water partition coefficient (Wildman–Crippen LogP) is 16.7. The third kappa shape index (κ3) is 7.46. The molecule has 8 rings (SSSR count). The first-order valence-corrected chi connectivity index (χ1v) is 21.0. The topological polar surface area (TPSA) is 6.48 Å². The van der Waals surface area contributed by atoms with E-state index < -0.39 is 0 Å². The van der Waals surface area contributed by atoms with E-state index in [1.807, 2.05) is 0 Å². The molecular formula is C56H60N2. The Morgan fingerprint density at radius 1 is 0.259 bits per heavy atom. The molecule has 0 aliphatic carbocycles. The smallest absolute Gasteiger partial charge is 0.0473 e. The third-order valence-electron chi connectivity index (χ3n) is 11.9. The number of para-hydroxylation sites is 2. The number of hydrogen-bond donors (Lipinski definition) is 0. The molecule has 0 radical (unpaired) electrons. The van der Waals surface area contributed by atoms with Gasteiger partial charge in [-0.2, -0.15) is 0 Å². The molecular weight excluding hydrogens is 701 g/mol. The van der Waals surface area contributed by atoms with Crippen LogP contribution in [0.25, 0.3) is 32.3 Å². The molecule has 0 saturated carbocycles. The molecule has 0 unspecified atom stereocenters. The maximum Gasteiger partial charge on any atom is 0.0473 e. The van der Waals surface area contributed by atoms with Gasteiger partial charge in [0.1, 0.15) is 0 Å². The van der Waals surface area contributed by atoms with Gasteiger partial charge in [-0.15, -0.1) is 0 Å². The van der Waals surface area contributed by atoms with Crippen LogP contribution in [0.1, 0.15) is 105 Å². The second kappa shape index (κ2) is 14.0. The quantitative estimate of drug-likeness (QED) is 0.156. The summed E-state index contributed by atoms with van der Waals surface area (Å²) in [6.45, 7) is 27.8. The second-order valence-corrected chi connectivity index (χ2v) is 20.5. The Balaban J connectivity index is 1.32. The molecule has 0 aromatic heterocycles. The molecule has 0 aliphatic rings. The van der Waals surface area contributed by atoms with Crippen LogP contribution in [0.15, 0.2) is 146 Å². The summed E-state index contributed by atoms with van der Waals surface area (Å²) in [6, 6.07) is 55.0. The van der Waals surface area contributed by atoms with E-state index in [-0.39, 0.29) is 21.7 Å². The van der Waals surface area contributed by atoms with Crippen molar-refractivity contribution in [2.45, 2.75) is 105 Å². The predicted molar refractivity (Wildman–Crippen MR) is 254 cm³/mol. The van der Waals surface area contributed by atoms with E-state index in [4.69, 9.17) is 0 Å². The lowest BCUT2D eigenvalue weighted by Gasteiger charge is -2.32. The van der Waals surface area contributed by atoms with Gasteiger partial charge in [0.15, 0.2) is 0 Å². The van der Waals surface area contributed by atoms with Crippen LogP contribution in [0.3, 0.4) is 0 Å². The van der Waals surface area contributed by atoms with Crippen LogP contribution in [0.5, 0.6) is 0 Å². The van der Waals surface area contributed by atoms with Gasteiger partial charge < -0.3 is 9.80 Å². The van der Waals surface area contributed by atoms with Crippen LogP contribution in [0.2, 0.25) is 0 Å². The van der Waals surface area contributed by atoms with Crippen LogP contribution >= 0.6 is 0 Å². The SMILES string of the molecule is CC(C)(C)c1cc(N(c2ccccc2)c2cc3ccc4cc(N(c5ccccc5)c5cc(C(C)(C)C)cc(C(C)(C)C)c5)cc5ccc(c2)c3c45)cc(C(C)(C)C)c1. The Kier molecular flexibility index (Phi) is 9.50. The van der Waals surface area contributed by atoms with Crippen molar-refractivity contribution in [3.63, 3.8) is 0 Å². The van der Waals surface area contributed by atoms with Gasteiger partial charge in [-0.05, 0) is 149 Å². The van der Waals surface area contributed by atoms with Gasteiger partial charge in [0.25, 0.3) is 0 Å². The van der Waals surface area contributed by atoms with E-state index in [1.54, 1.807) is 0 Å². The van der Waals surface area contributed by atoms with Gasteiger partial charge >= 0.3 is 0 Å². The highest BCUT2D eigenvalue weighted by Gasteiger charge is 2.26. The van der Waals surface area contributed by atoms with Crippen LogP contribution in [0, 0.1) is 0 Å². The first-order valence-electron chi connectivity index (χ1n) is 21.0. The molecule has 8 aromatic rings. The zero-order valence-electron chi connectivity index (χ0n) is 36.8. The van der Waals surface area contributed by atoms with Crippen LogP contribution in [-0.4, -0.2) is 0 Å². The highest BCUT2D eigenvalue weighted by Crippen LogP contribution is 2.46. The van der Waals surface area contributed by atoms with Crippen LogP contribution in [0.4, 0.5) is 34.1 Å². The molecule has 0 heterocycles. The Hall–Kier alpha value is -5.60. The third-order valence-corrected chi connectivity index (χ3v) is 11.9. The summed E-state index contributed by atoms with van der Waals surface area (Å²) in [7, 11) is 0. The fourth-order valence-electron chi connectivity index (χ4n) is 8.32. The van der Waals surface area contributed by atoms with E-state index in [9.17, 15) is 0 Å². The van der Waals surface area contributed by atoms with Gasteiger partial charge in [-0.25, -0.2) is 0 Å². The van der Waals surface area contributed by atoms with Crippen molar-refractivity contribution in [1.82, 2.24) is 0 Å². The molecule has 0 bridgehead atoms. The zero-order chi connectivity index (χ0) is 41.4. The fourth-order valence-corrected chi connectivity index (χ4v) is 8.32. The lowest BCUT2D eigenvalue weighted by molar-refractivity contribution is 0.568. The maximum atomic E-state index is 2.45. The summed E-state index contributed by atoms with van der Waals surface area (Å²) in [5.41, 5.74) is 12.4. The highest BCUT2D eigenvalue weighted by molar-refractivity contribution is 6.24. The van der Waals surface area contributed by atoms with Crippen molar-refractivity contribution in [1.29, 1.82) is 0 Å². The van der Waals surface area contributed by atoms with E-state index in [1.165, 1.54) is 65.9 Å². The first kappa shape index (κ1) is 39.2. The molecule has 0 amide bonds. The molecule has 0 saturated heterocycles. The summed E-state index contributed by atoms with van der Waals surface area (Å²) in [4.78, 5) is 4.90. The highest BCUT2D eigenvalue weighted by atomic mass is 15.1. The van der Waals surface area contributed by atoms with Gasteiger partial charge in [0.05, 0.1) is 0 Å². The molecule has 0 spiro atoms. The lowest BCUT2D eigenvalue weighted by Crippen LogP contribution is -2.19. The molecule has 58 heavy (non-hydrogen) atoms. The van der Waals surface area contributed by atoms with Gasteiger partial charge in [-0.3, -0.25) is 0 Å². The molecule has 0 N–H and O–H groups in total.